The first-order valence-corrected chi connectivity index (χ1v) is 7.94. The van der Waals surface area contributed by atoms with Gasteiger partial charge in [0.05, 0.1) is 6.61 Å². The molecule has 0 spiro atoms. The number of benzene rings is 2. The van der Waals surface area contributed by atoms with Gasteiger partial charge in [-0.25, -0.2) is 0 Å². The predicted molar refractivity (Wildman–Crippen MR) is 90.6 cm³/mol. The van der Waals surface area contributed by atoms with Crippen LogP contribution < -0.4 is 14.8 Å². The van der Waals surface area contributed by atoms with E-state index in [1.54, 1.807) is 0 Å². The van der Waals surface area contributed by atoms with E-state index >= 15 is 0 Å². The van der Waals surface area contributed by atoms with Crippen LogP contribution in [0.25, 0.3) is 0 Å². The number of amides is 1. The first-order chi connectivity index (χ1) is 11.2. The molecule has 0 unspecified atom stereocenters. The lowest BCUT2D eigenvalue weighted by atomic mass is 10.2. The smallest absolute Gasteiger partial charge is 0.261 e. The van der Waals surface area contributed by atoms with Gasteiger partial charge in [0.25, 0.3) is 5.91 Å². The molecule has 0 aromatic heterocycles. The van der Waals surface area contributed by atoms with Crippen molar-refractivity contribution in [2.75, 3.05) is 6.61 Å². The zero-order valence-corrected chi connectivity index (χ0v) is 13.6. The van der Waals surface area contributed by atoms with Crippen LogP contribution in [0.5, 0.6) is 11.5 Å². The van der Waals surface area contributed by atoms with Crippen molar-refractivity contribution in [1.29, 1.82) is 0 Å². The Morgan fingerprint density at radius 1 is 1.00 bits per heavy atom. The van der Waals surface area contributed by atoms with Gasteiger partial charge in [0.15, 0.2) is 6.10 Å². The number of hydrogen-bond acceptors (Lipinski definition) is 3. The molecule has 0 fully saturated rings. The second kappa shape index (κ2) is 8.83. The number of nitrogens with one attached hydrogen (secondary N) is 1. The summed E-state index contributed by atoms with van der Waals surface area (Å²) in [5.74, 6) is 1.43. The molecule has 0 aliphatic carbocycles. The van der Waals surface area contributed by atoms with Crippen LogP contribution in [0.1, 0.15) is 25.8 Å². The topological polar surface area (TPSA) is 47.6 Å². The fraction of sp³-hybridized carbons (Fsp3) is 0.316. The molecular weight excluding hydrogens is 290 g/mol. The summed E-state index contributed by atoms with van der Waals surface area (Å²) < 4.78 is 11.1. The third-order valence-corrected chi connectivity index (χ3v) is 3.39. The zero-order chi connectivity index (χ0) is 16.5. The van der Waals surface area contributed by atoms with Gasteiger partial charge < -0.3 is 14.8 Å². The SMILES string of the molecule is CCOc1ccc(CNC(=O)[C@@H](CC)Oc2ccccc2)cc1. The van der Waals surface area contributed by atoms with Crippen molar-refractivity contribution in [2.24, 2.45) is 0 Å². The normalized spacial score (nSPS) is 11.6. The lowest BCUT2D eigenvalue weighted by molar-refractivity contribution is -0.128. The van der Waals surface area contributed by atoms with Crippen LogP contribution in [-0.4, -0.2) is 18.6 Å². The Labute approximate surface area is 137 Å². The summed E-state index contributed by atoms with van der Waals surface area (Å²) in [5.41, 5.74) is 1.02. The van der Waals surface area contributed by atoms with Crippen molar-refractivity contribution < 1.29 is 14.3 Å². The van der Waals surface area contributed by atoms with Crippen LogP contribution in [0.4, 0.5) is 0 Å². The zero-order valence-electron chi connectivity index (χ0n) is 13.6. The summed E-state index contributed by atoms with van der Waals surface area (Å²) in [6, 6.07) is 17.1. The second-order valence-electron chi connectivity index (χ2n) is 5.12. The first-order valence-electron chi connectivity index (χ1n) is 7.94. The quantitative estimate of drug-likeness (QED) is 0.810. The minimum absolute atomic E-state index is 0.106. The molecular formula is C19H23NO3. The number of ether oxygens (including phenoxy) is 2. The van der Waals surface area contributed by atoms with Crippen molar-refractivity contribution in [2.45, 2.75) is 32.9 Å². The number of carbonyl (C=O) groups excluding carboxylic acids is 1. The Morgan fingerprint density at radius 3 is 2.30 bits per heavy atom. The maximum atomic E-state index is 12.3. The Morgan fingerprint density at radius 2 is 1.70 bits per heavy atom. The molecule has 0 aliphatic heterocycles. The molecule has 0 saturated heterocycles. The Kier molecular flexibility index (Phi) is 6.48. The van der Waals surface area contributed by atoms with Crippen molar-refractivity contribution in [3.05, 3.63) is 60.2 Å². The molecule has 0 saturated carbocycles. The lowest BCUT2D eigenvalue weighted by Crippen LogP contribution is -2.37. The Bertz CT molecular complexity index is 596. The molecule has 0 heterocycles. The first kappa shape index (κ1) is 16.9. The average molecular weight is 313 g/mol. The summed E-state index contributed by atoms with van der Waals surface area (Å²) in [7, 11) is 0. The maximum Gasteiger partial charge on any atom is 0.261 e. The predicted octanol–water partition coefficient (Wildman–Crippen LogP) is 3.56. The molecule has 2 rings (SSSR count). The molecule has 2 aromatic carbocycles. The van der Waals surface area contributed by atoms with Crippen molar-refractivity contribution >= 4 is 5.91 Å². The van der Waals surface area contributed by atoms with Gasteiger partial charge in [0, 0.05) is 6.54 Å². The fourth-order valence-electron chi connectivity index (χ4n) is 2.16. The average Bonchev–Trinajstić information content (AvgIpc) is 2.60. The van der Waals surface area contributed by atoms with Gasteiger partial charge in [-0.05, 0) is 43.2 Å². The molecule has 1 amide bonds. The maximum absolute atomic E-state index is 12.3. The highest BCUT2D eigenvalue weighted by molar-refractivity contribution is 5.81. The van der Waals surface area contributed by atoms with Gasteiger partial charge in [-0.1, -0.05) is 37.3 Å². The van der Waals surface area contributed by atoms with E-state index in [0.29, 0.717) is 25.3 Å². The molecule has 0 bridgehead atoms. The van der Waals surface area contributed by atoms with E-state index in [4.69, 9.17) is 9.47 Å². The van der Waals surface area contributed by atoms with E-state index in [1.165, 1.54) is 0 Å². The minimum Gasteiger partial charge on any atom is -0.494 e. The Hall–Kier alpha value is -2.49. The third-order valence-electron chi connectivity index (χ3n) is 3.39. The number of carbonyl (C=O) groups is 1. The highest BCUT2D eigenvalue weighted by Crippen LogP contribution is 2.14. The van der Waals surface area contributed by atoms with E-state index in [2.05, 4.69) is 5.32 Å². The van der Waals surface area contributed by atoms with Gasteiger partial charge in [0.1, 0.15) is 11.5 Å². The summed E-state index contributed by atoms with van der Waals surface area (Å²) in [6.07, 6.45) is 0.129. The molecule has 0 radical (unpaired) electrons. The van der Waals surface area contributed by atoms with Crippen molar-refractivity contribution in [1.82, 2.24) is 5.32 Å². The summed E-state index contributed by atoms with van der Waals surface area (Å²) in [4.78, 5) is 12.3. The van der Waals surface area contributed by atoms with Gasteiger partial charge in [-0.15, -0.1) is 0 Å². The number of para-hydroxylation sites is 1. The van der Waals surface area contributed by atoms with Crippen LogP contribution in [0.15, 0.2) is 54.6 Å². The standard InChI is InChI=1S/C19H23NO3/c1-3-18(23-17-8-6-5-7-9-17)19(21)20-14-15-10-12-16(13-11-15)22-4-2/h5-13,18H,3-4,14H2,1-2H3,(H,20,21)/t18-/m1/s1. The van der Waals surface area contributed by atoms with E-state index in [-0.39, 0.29) is 5.91 Å². The largest absolute Gasteiger partial charge is 0.494 e. The molecule has 1 N–H and O–H groups in total. The van der Waals surface area contributed by atoms with Crippen LogP contribution in [-0.2, 0) is 11.3 Å². The Balaban J connectivity index is 1.87. The van der Waals surface area contributed by atoms with Crippen molar-refractivity contribution in [3.8, 4) is 11.5 Å². The summed E-state index contributed by atoms with van der Waals surface area (Å²) in [6.45, 7) is 5.00. The molecule has 4 heteroatoms. The highest BCUT2D eigenvalue weighted by atomic mass is 16.5. The molecule has 2 aromatic rings. The van der Waals surface area contributed by atoms with Crippen LogP contribution in [0, 0.1) is 0 Å². The van der Waals surface area contributed by atoms with E-state index in [0.717, 1.165) is 11.3 Å². The molecule has 23 heavy (non-hydrogen) atoms. The van der Waals surface area contributed by atoms with Crippen LogP contribution >= 0.6 is 0 Å². The highest BCUT2D eigenvalue weighted by Gasteiger charge is 2.17. The van der Waals surface area contributed by atoms with E-state index < -0.39 is 6.10 Å². The van der Waals surface area contributed by atoms with Gasteiger partial charge in [-0.3, -0.25) is 4.79 Å². The van der Waals surface area contributed by atoms with Crippen molar-refractivity contribution in [3.63, 3.8) is 0 Å². The number of hydrogen-bond donors (Lipinski definition) is 1. The fourth-order valence-corrected chi connectivity index (χ4v) is 2.16. The minimum atomic E-state index is -0.486. The summed E-state index contributed by atoms with van der Waals surface area (Å²) in [5, 5.41) is 2.92. The molecule has 4 nitrogen and oxygen atoms in total. The van der Waals surface area contributed by atoms with E-state index in [1.807, 2.05) is 68.4 Å². The van der Waals surface area contributed by atoms with Gasteiger partial charge >= 0.3 is 0 Å². The number of rotatable bonds is 8. The van der Waals surface area contributed by atoms with Gasteiger partial charge in [0.2, 0.25) is 0 Å². The lowest BCUT2D eigenvalue weighted by Gasteiger charge is -2.17. The molecule has 0 aliphatic rings. The summed E-state index contributed by atoms with van der Waals surface area (Å²) >= 11 is 0. The monoisotopic (exact) mass is 313 g/mol. The van der Waals surface area contributed by atoms with E-state index in [9.17, 15) is 4.79 Å². The second-order valence-corrected chi connectivity index (χ2v) is 5.12. The van der Waals surface area contributed by atoms with Crippen LogP contribution in [0.2, 0.25) is 0 Å². The third kappa shape index (κ3) is 5.33. The molecule has 122 valence electrons. The molecule has 1 atom stereocenters. The van der Waals surface area contributed by atoms with Crippen LogP contribution in [0.3, 0.4) is 0 Å². The van der Waals surface area contributed by atoms with Gasteiger partial charge in [-0.2, -0.15) is 0 Å².